The van der Waals surface area contributed by atoms with Gasteiger partial charge in [0.05, 0.1) is 0 Å². The van der Waals surface area contributed by atoms with Gasteiger partial charge in [0.2, 0.25) is 0 Å². The molecule has 0 spiro atoms. The maximum atomic E-state index is 2.39. The van der Waals surface area contributed by atoms with Crippen LogP contribution in [0.15, 0.2) is 54.6 Å². The molecule has 0 aliphatic heterocycles. The van der Waals surface area contributed by atoms with E-state index >= 15 is 0 Å². The molecule has 1 aliphatic rings. The molecule has 0 bridgehead atoms. The molecule has 0 fully saturated rings. The topological polar surface area (TPSA) is 0 Å². The first-order valence-electron chi connectivity index (χ1n) is 6.82. The van der Waals surface area contributed by atoms with Gasteiger partial charge in [-0.25, -0.2) is 0 Å². The molecule has 0 N–H and O–H groups in total. The van der Waals surface area contributed by atoms with Crippen LogP contribution in [0.3, 0.4) is 0 Å². The Hall–Kier alpha value is -1.30. The van der Waals surface area contributed by atoms with E-state index in [1.54, 1.807) is 0 Å². The van der Waals surface area contributed by atoms with Gasteiger partial charge in [0.25, 0.3) is 0 Å². The predicted molar refractivity (Wildman–Crippen MR) is 75.0 cm³/mol. The quantitative estimate of drug-likeness (QED) is 0.493. The average molecular weight is 226 g/mol. The maximum absolute atomic E-state index is 2.39. The van der Waals surface area contributed by atoms with Gasteiger partial charge in [-0.3, -0.25) is 0 Å². The number of unbranched alkanes of at least 4 members (excludes halogenated alkanes) is 1. The lowest BCUT2D eigenvalue weighted by molar-refractivity contribution is 0.628. The van der Waals surface area contributed by atoms with Crippen molar-refractivity contribution < 1.29 is 0 Å². The van der Waals surface area contributed by atoms with Crippen molar-refractivity contribution >= 4 is 0 Å². The lowest BCUT2D eigenvalue weighted by Crippen LogP contribution is -1.96. The normalized spacial score (nSPS) is 19.9. The summed E-state index contributed by atoms with van der Waals surface area (Å²) in [4.78, 5) is 0. The summed E-state index contributed by atoms with van der Waals surface area (Å²) in [5.41, 5.74) is 1.46. The molecule has 1 aliphatic carbocycles. The number of benzene rings is 1. The molecule has 0 radical (unpaired) electrons. The van der Waals surface area contributed by atoms with Gasteiger partial charge in [-0.1, -0.05) is 54.6 Å². The summed E-state index contributed by atoms with van der Waals surface area (Å²) in [6, 6.07) is 10.8. The van der Waals surface area contributed by atoms with Crippen LogP contribution >= 0.6 is 0 Å². The number of hydrogen-bond acceptors (Lipinski definition) is 0. The zero-order valence-electron chi connectivity index (χ0n) is 10.5. The van der Waals surface area contributed by atoms with Gasteiger partial charge in [0.1, 0.15) is 0 Å². The van der Waals surface area contributed by atoms with Crippen LogP contribution in [0.2, 0.25) is 0 Å². The molecule has 1 aromatic carbocycles. The molecular formula is C17H22. The van der Waals surface area contributed by atoms with E-state index in [-0.39, 0.29) is 0 Å². The maximum Gasteiger partial charge on any atom is -0.00534 e. The van der Waals surface area contributed by atoms with E-state index in [0.717, 1.165) is 0 Å². The smallest absolute Gasteiger partial charge is 0.00534 e. The fourth-order valence-electron chi connectivity index (χ4n) is 2.34. The highest BCUT2D eigenvalue weighted by Gasteiger charge is 2.02. The number of allylic oxidation sites excluding steroid dienone is 4. The average Bonchev–Trinajstić information content (AvgIpc) is 2.41. The van der Waals surface area contributed by atoms with Crippen LogP contribution in [0.25, 0.3) is 0 Å². The van der Waals surface area contributed by atoms with Crippen LogP contribution < -0.4 is 0 Å². The third kappa shape index (κ3) is 4.60. The fourth-order valence-corrected chi connectivity index (χ4v) is 2.34. The third-order valence-electron chi connectivity index (χ3n) is 3.35. The predicted octanol–water partition coefficient (Wildman–Crippen LogP) is 4.92. The van der Waals surface area contributed by atoms with Crippen LogP contribution in [0.1, 0.15) is 37.7 Å². The fraction of sp³-hybridized carbons (Fsp3) is 0.412. The van der Waals surface area contributed by atoms with Crippen molar-refractivity contribution in [1.82, 2.24) is 0 Å². The summed E-state index contributed by atoms with van der Waals surface area (Å²) >= 11 is 0. The molecule has 1 atom stereocenters. The molecule has 0 aromatic heterocycles. The first-order valence-corrected chi connectivity index (χ1v) is 6.82. The van der Waals surface area contributed by atoms with Crippen molar-refractivity contribution in [3.05, 3.63) is 60.2 Å². The second-order valence-electron chi connectivity index (χ2n) is 4.83. The van der Waals surface area contributed by atoms with Crippen LogP contribution in [0.5, 0.6) is 0 Å². The minimum absolute atomic E-state index is 0.709. The van der Waals surface area contributed by atoms with Crippen molar-refractivity contribution in [3.8, 4) is 0 Å². The summed E-state index contributed by atoms with van der Waals surface area (Å²) < 4.78 is 0. The van der Waals surface area contributed by atoms with Crippen molar-refractivity contribution in [1.29, 1.82) is 0 Å². The molecule has 2 rings (SSSR count). The standard InChI is InChI=1S/C17H22/c1-4-10-16(11-5-1)14-8-3-9-15-17-12-6-2-7-13-17/h1,4-6,9-12,15,17H,2-3,7-8,13-14H2/b15-9+. The Labute approximate surface area is 105 Å². The first kappa shape index (κ1) is 12.2. The van der Waals surface area contributed by atoms with E-state index in [4.69, 9.17) is 0 Å². The highest BCUT2D eigenvalue weighted by atomic mass is 14.1. The van der Waals surface area contributed by atoms with E-state index in [1.165, 1.54) is 44.1 Å². The molecule has 0 heteroatoms. The molecule has 0 saturated heterocycles. The molecule has 0 heterocycles. The zero-order chi connectivity index (χ0) is 11.8. The zero-order valence-corrected chi connectivity index (χ0v) is 10.5. The molecule has 1 unspecified atom stereocenters. The number of hydrogen-bond donors (Lipinski definition) is 0. The monoisotopic (exact) mass is 226 g/mol. The van der Waals surface area contributed by atoms with Gasteiger partial charge < -0.3 is 0 Å². The van der Waals surface area contributed by atoms with Gasteiger partial charge in [-0.2, -0.15) is 0 Å². The van der Waals surface area contributed by atoms with Crippen LogP contribution in [0.4, 0.5) is 0 Å². The minimum atomic E-state index is 0.709. The minimum Gasteiger partial charge on any atom is -0.0879 e. The van der Waals surface area contributed by atoms with Crippen molar-refractivity contribution in [2.45, 2.75) is 38.5 Å². The second-order valence-corrected chi connectivity index (χ2v) is 4.83. The van der Waals surface area contributed by atoms with E-state index in [0.29, 0.717) is 5.92 Å². The Morgan fingerprint density at radius 2 is 2.06 bits per heavy atom. The van der Waals surface area contributed by atoms with E-state index in [2.05, 4.69) is 54.6 Å². The summed E-state index contributed by atoms with van der Waals surface area (Å²) in [6.45, 7) is 0. The lowest BCUT2D eigenvalue weighted by atomic mass is 9.95. The Bertz CT molecular complexity index is 359. The van der Waals surface area contributed by atoms with Crippen LogP contribution in [0, 0.1) is 5.92 Å². The van der Waals surface area contributed by atoms with Gasteiger partial charge in [0, 0.05) is 0 Å². The summed E-state index contributed by atoms with van der Waals surface area (Å²) in [5.74, 6) is 0.709. The second kappa shape index (κ2) is 7.11. The molecule has 1 aromatic rings. The SMILES string of the molecule is C1=CC(/C=C/CCCc2ccccc2)CCC1. The van der Waals surface area contributed by atoms with E-state index in [9.17, 15) is 0 Å². The van der Waals surface area contributed by atoms with Crippen molar-refractivity contribution in [3.63, 3.8) is 0 Å². The largest absolute Gasteiger partial charge is 0.0879 e. The lowest BCUT2D eigenvalue weighted by Gasteiger charge is -2.11. The van der Waals surface area contributed by atoms with Crippen LogP contribution in [-0.4, -0.2) is 0 Å². The summed E-state index contributed by atoms with van der Waals surface area (Å²) in [7, 11) is 0. The van der Waals surface area contributed by atoms with Crippen LogP contribution in [-0.2, 0) is 6.42 Å². The van der Waals surface area contributed by atoms with Gasteiger partial charge >= 0.3 is 0 Å². The first-order chi connectivity index (χ1) is 8.45. The molecule has 17 heavy (non-hydrogen) atoms. The molecule has 90 valence electrons. The summed E-state index contributed by atoms with van der Waals surface area (Å²) in [5, 5.41) is 0. The van der Waals surface area contributed by atoms with Gasteiger partial charge in [0.15, 0.2) is 0 Å². The third-order valence-corrected chi connectivity index (χ3v) is 3.35. The van der Waals surface area contributed by atoms with E-state index < -0.39 is 0 Å². The Morgan fingerprint density at radius 3 is 2.82 bits per heavy atom. The molecular weight excluding hydrogens is 204 g/mol. The molecule has 0 amide bonds. The van der Waals surface area contributed by atoms with Gasteiger partial charge in [-0.15, -0.1) is 0 Å². The Balaban J connectivity index is 1.64. The Morgan fingerprint density at radius 1 is 1.18 bits per heavy atom. The molecule has 0 saturated carbocycles. The molecule has 0 nitrogen and oxygen atoms in total. The summed E-state index contributed by atoms with van der Waals surface area (Å²) in [6.07, 6.45) is 17.1. The van der Waals surface area contributed by atoms with E-state index in [1.807, 2.05) is 0 Å². The van der Waals surface area contributed by atoms with Crippen molar-refractivity contribution in [2.24, 2.45) is 5.92 Å². The number of aryl methyl sites for hydroxylation is 1. The highest BCUT2D eigenvalue weighted by molar-refractivity contribution is 5.14. The van der Waals surface area contributed by atoms with Gasteiger partial charge in [-0.05, 0) is 50.0 Å². The van der Waals surface area contributed by atoms with Crippen molar-refractivity contribution in [2.75, 3.05) is 0 Å². The highest BCUT2D eigenvalue weighted by Crippen LogP contribution is 2.18. The number of rotatable bonds is 5. The Kier molecular flexibility index (Phi) is 5.09.